The van der Waals surface area contributed by atoms with Gasteiger partial charge in [0.1, 0.15) is 5.82 Å². The highest BCUT2D eigenvalue weighted by Gasteiger charge is 2.55. The fraction of sp³-hybridized carbons (Fsp3) is 0.545. The van der Waals surface area contributed by atoms with Gasteiger partial charge in [-0.15, -0.1) is 10.2 Å². The second kappa shape index (κ2) is 2.72. The van der Waals surface area contributed by atoms with Crippen molar-refractivity contribution < 1.29 is 0 Å². The van der Waals surface area contributed by atoms with Crippen LogP contribution in [0.15, 0.2) is 12.4 Å². The van der Waals surface area contributed by atoms with Crippen molar-refractivity contribution in [1.82, 2.24) is 19.6 Å². The lowest BCUT2D eigenvalue weighted by Gasteiger charge is -2.01. The molecule has 0 spiro atoms. The first-order chi connectivity index (χ1) is 7.86. The Kier molecular flexibility index (Phi) is 1.45. The van der Waals surface area contributed by atoms with Crippen LogP contribution >= 0.6 is 0 Å². The summed E-state index contributed by atoms with van der Waals surface area (Å²) in [5, 5.41) is 8.43. The Morgan fingerprint density at radius 1 is 1.25 bits per heavy atom. The molecule has 0 aliphatic heterocycles. The molecule has 2 aliphatic rings. The van der Waals surface area contributed by atoms with E-state index in [0.717, 1.165) is 17.7 Å². The monoisotopic (exact) mass is 215 g/mol. The lowest BCUT2D eigenvalue weighted by molar-refractivity contribution is 0.653. The van der Waals surface area contributed by atoms with Gasteiger partial charge in [-0.25, -0.2) is 4.98 Å². The molecule has 82 valence electrons. The van der Waals surface area contributed by atoms with Crippen LogP contribution < -0.4 is 5.73 Å². The Hall–Kier alpha value is -1.65. The van der Waals surface area contributed by atoms with Crippen LogP contribution in [0.1, 0.15) is 31.0 Å². The summed E-state index contributed by atoms with van der Waals surface area (Å²) in [5.74, 6) is 3.86. The maximum absolute atomic E-state index is 5.77. The lowest BCUT2D eigenvalue weighted by Crippen LogP contribution is -1.99. The summed E-state index contributed by atoms with van der Waals surface area (Å²) in [7, 11) is 0. The van der Waals surface area contributed by atoms with Crippen LogP contribution in [0, 0.1) is 11.8 Å². The summed E-state index contributed by atoms with van der Waals surface area (Å²) < 4.78 is 2.01. The zero-order chi connectivity index (χ0) is 10.7. The van der Waals surface area contributed by atoms with E-state index in [-0.39, 0.29) is 0 Å². The van der Waals surface area contributed by atoms with Gasteiger partial charge in [0.15, 0.2) is 5.82 Å². The molecule has 16 heavy (non-hydrogen) atoms. The van der Waals surface area contributed by atoms with Crippen molar-refractivity contribution >= 4 is 11.5 Å². The van der Waals surface area contributed by atoms with Gasteiger partial charge in [0.05, 0.1) is 0 Å². The first-order valence-electron chi connectivity index (χ1n) is 5.81. The predicted molar refractivity (Wildman–Crippen MR) is 58.8 cm³/mol. The van der Waals surface area contributed by atoms with Gasteiger partial charge < -0.3 is 5.73 Å². The molecule has 2 unspecified atom stereocenters. The fourth-order valence-corrected chi connectivity index (χ4v) is 3.29. The predicted octanol–water partition coefficient (Wildman–Crippen LogP) is 1.22. The van der Waals surface area contributed by atoms with Crippen LogP contribution in [0.4, 0.5) is 5.82 Å². The zero-order valence-electron chi connectivity index (χ0n) is 8.87. The van der Waals surface area contributed by atoms with Gasteiger partial charge in [0.2, 0.25) is 5.65 Å². The van der Waals surface area contributed by atoms with Gasteiger partial charge in [0, 0.05) is 18.3 Å². The molecule has 2 aliphatic carbocycles. The second-order valence-electron chi connectivity index (χ2n) is 4.85. The van der Waals surface area contributed by atoms with Gasteiger partial charge in [0.25, 0.3) is 0 Å². The standard InChI is InChI=1S/C11H13N5/c12-9-11-15-14-10(16(11)5-4-13-9)8-6-2-1-3-7(6)8/h4-8H,1-3H2,(H2,12,13). The summed E-state index contributed by atoms with van der Waals surface area (Å²) in [6, 6.07) is 0. The number of hydrogen-bond donors (Lipinski definition) is 1. The molecule has 4 rings (SSSR count). The minimum absolute atomic E-state index is 0.465. The van der Waals surface area contributed by atoms with Crippen LogP contribution in [0.25, 0.3) is 5.65 Å². The van der Waals surface area contributed by atoms with Crippen LogP contribution in [-0.2, 0) is 0 Å². The molecule has 2 saturated carbocycles. The van der Waals surface area contributed by atoms with Crippen LogP contribution in [0.3, 0.4) is 0 Å². The third-order valence-corrected chi connectivity index (χ3v) is 4.09. The minimum Gasteiger partial charge on any atom is -0.381 e. The number of rotatable bonds is 1. The summed E-state index contributed by atoms with van der Waals surface area (Å²) in [4.78, 5) is 4.03. The number of nitrogens with zero attached hydrogens (tertiary/aromatic N) is 4. The molecule has 2 N–H and O–H groups in total. The Balaban J connectivity index is 1.84. The van der Waals surface area contributed by atoms with Crippen molar-refractivity contribution in [3.63, 3.8) is 0 Å². The maximum Gasteiger partial charge on any atom is 0.203 e. The molecule has 2 aromatic rings. The average molecular weight is 215 g/mol. The van der Waals surface area contributed by atoms with E-state index in [1.54, 1.807) is 6.20 Å². The molecule has 5 nitrogen and oxygen atoms in total. The molecule has 0 bridgehead atoms. The van der Waals surface area contributed by atoms with Crippen molar-refractivity contribution in [3.05, 3.63) is 18.2 Å². The van der Waals surface area contributed by atoms with Gasteiger partial charge in [-0.2, -0.15) is 0 Å². The molecule has 2 aromatic heterocycles. The highest BCUT2D eigenvalue weighted by molar-refractivity contribution is 5.58. The normalized spacial score (nSPS) is 31.9. The SMILES string of the molecule is Nc1nccn2c(C3C4CCCC43)nnc12. The van der Waals surface area contributed by atoms with Crippen LogP contribution in [-0.4, -0.2) is 19.6 Å². The van der Waals surface area contributed by atoms with Crippen LogP contribution in [0.2, 0.25) is 0 Å². The number of nitrogen functional groups attached to an aromatic ring is 1. The van der Waals surface area contributed by atoms with E-state index in [4.69, 9.17) is 5.73 Å². The Morgan fingerprint density at radius 2 is 2.06 bits per heavy atom. The van der Waals surface area contributed by atoms with Crippen LogP contribution in [0.5, 0.6) is 0 Å². The van der Waals surface area contributed by atoms with E-state index in [9.17, 15) is 0 Å². The van der Waals surface area contributed by atoms with Crippen molar-refractivity contribution in [2.24, 2.45) is 11.8 Å². The highest BCUT2D eigenvalue weighted by atomic mass is 15.3. The third kappa shape index (κ3) is 0.930. The van der Waals surface area contributed by atoms with Gasteiger partial charge in [-0.1, -0.05) is 6.42 Å². The molecule has 2 fully saturated rings. The van der Waals surface area contributed by atoms with E-state index >= 15 is 0 Å². The van der Waals surface area contributed by atoms with Crippen molar-refractivity contribution in [2.45, 2.75) is 25.2 Å². The summed E-state index contributed by atoms with van der Waals surface area (Å²) in [5.41, 5.74) is 6.47. The smallest absolute Gasteiger partial charge is 0.203 e. The minimum atomic E-state index is 0.465. The second-order valence-corrected chi connectivity index (χ2v) is 4.85. The van der Waals surface area contributed by atoms with Gasteiger partial charge in [-0.3, -0.25) is 4.40 Å². The van der Waals surface area contributed by atoms with E-state index < -0.39 is 0 Å². The van der Waals surface area contributed by atoms with Gasteiger partial charge in [-0.05, 0) is 24.7 Å². The topological polar surface area (TPSA) is 69.1 Å². The Morgan fingerprint density at radius 3 is 2.88 bits per heavy atom. The van der Waals surface area contributed by atoms with Crippen molar-refractivity contribution in [1.29, 1.82) is 0 Å². The molecule has 0 radical (unpaired) electrons. The molecule has 2 heterocycles. The third-order valence-electron chi connectivity index (χ3n) is 4.09. The Bertz CT molecular complexity index is 551. The largest absolute Gasteiger partial charge is 0.381 e. The molecule has 2 atom stereocenters. The lowest BCUT2D eigenvalue weighted by atomic mass is 10.1. The van der Waals surface area contributed by atoms with E-state index in [1.807, 2.05) is 10.6 Å². The quantitative estimate of drug-likeness (QED) is 0.776. The summed E-state index contributed by atoms with van der Waals surface area (Å²) in [6.07, 6.45) is 7.71. The summed E-state index contributed by atoms with van der Waals surface area (Å²) >= 11 is 0. The highest BCUT2D eigenvalue weighted by Crippen LogP contribution is 2.62. The zero-order valence-corrected chi connectivity index (χ0v) is 8.87. The van der Waals surface area contributed by atoms with Gasteiger partial charge >= 0.3 is 0 Å². The molecule has 0 amide bonds. The molecule has 5 heteroatoms. The molecule has 0 aromatic carbocycles. The maximum atomic E-state index is 5.77. The molecule has 0 saturated heterocycles. The first-order valence-corrected chi connectivity index (χ1v) is 5.81. The number of hydrogen-bond acceptors (Lipinski definition) is 4. The number of nitrogens with two attached hydrogens (primary N) is 1. The number of aromatic nitrogens is 4. The Labute approximate surface area is 92.7 Å². The molecular formula is C11H13N5. The average Bonchev–Trinajstić information content (AvgIpc) is 2.73. The summed E-state index contributed by atoms with van der Waals surface area (Å²) in [6.45, 7) is 0. The fourth-order valence-electron chi connectivity index (χ4n) is 3.29. The number of fused-ring (bicyclic) bond motifs is 2. The first kappa shape index (κ1) is 8.50. The number of anilines is 1. The van der Waals surface area contributed by atoms with Crippen molar-refractivity contribution in [2.75, 3.05) is 5.73 Å². The van der Waals surface area contributed by atoms with E-state index in [0.29, 0.717) is 17.4 Å². The molecular weight excluding hydrogens is 202 g/mol. The van der Waals surface area contributed by atoms with E-state index in [2.05, 4.69) is 15.2 Å². The van der Waals surface area contributed by atoms with E-state index in [1.165, 1.54) is 19.3 Å². The van der Waals surface area contributed by atoms with Crippen molar-refractivity contribution in [3.8, 4) is 0 Å².